The van der Waals surface area contributed by atoms with Crippen LogP contribution in [0.3, 0.4) is 0 Å². The Bertz CT molecular complexity index is 892. The minimum absolute atomic E-state index is 0.107. The molecule has 4 rings (SSSR count). The molecule has 4 amide bonds. The summed E-state index contributed by atoms with van der Waals surface area (Å²) in [5.41, 5.74) is 11.6. The quantitative estimate of drug-likeness (QED) is 0.334. The Hall–Kier alpha value is -3.18. The van der Waals surface area contributed by atoms with Crippen LogP contribution in [0.4, 0.5) is 0 Å². The first-order chi connectivity index (χ1) is 16.2. The molecule has 4 atom stereocenters. The van der Waals surface area contributed by atoms with E-state index < -0.39 is 47.9 Å². The summed E-state index contributed by atoms with van der Waals surface area (Å²) < 4.78 is 5.66. The highest BCUT2D eigenvalue weighted by molar-refractivity contribution is 5.91. The van der Waals surface area contributed by atoms with Crippen molar-refractivity contribution in [2.45, 2.75) is 62.8 Å². The molecule has 7 N–H and O–H groups in total. The molecule has 0 aliphatic carbocycles. The van der Waals surface area contributed by atoms with Crippen LogP contribution < -0.4 is 26.8 Å². The molecule has 11 heteroatoms. The van der Waals surface area contributed by atoms with Crippen LogP contribution in [-0.2, 0) is 25.6 Å². The van der Waals surface area contributed by atoms with Gasteiger partial charge in [-0.2, -0.15) is 0 Å². The minimum atomic E-state index is -1.17. The number of nitrogens with zero attached hydrogens (tertiary/aromatic N) is 1. The zero-order valence-electron chi connectivity index (χ0n) is 19.1. The van der Waals surface area contributed by atoms with E-state index in [1.807, 2.05) is 17.0 Å². The lowest BCUT2D eigenvalue weighted by atomic mass is 9.99. The molecule has 0 spiro atoms. The molecule has 0 saturated carbocycles. The van der Waals surface area contributed by atoms with Crippen LogP contribution in [0.1, 0.15) is 37.7 Å². The summed E-state index contributed by atoms with van der Waals surface area (Å²) in [6.45, 7) is 1.06. The third-order valence-corrected chi connectivity index (χ3v) is 6.16. The van der Waals surface area contributed by atoms with Gasteiger partial charge in [0.25, 0.3) is 0 Å². The summed E-state index contributed by atoms with van der Waals surface area (Å²) in [6, 6.07) is 4.87. The van der Waals surface area contributed by atoms with Gasteiger partial charge >= 0.3 is 0 Å². The number of likely N-dealkylation sites (tertiary alicyclic amines) is 1. The Morgan fingerprint density at radius 3 is 2.56 bits per heavy atom. The fourth-order valence-electron chi connectivity index (χ4n) is 4.38. The predicted molar refractivity (Wildman–Crippen MR) is 122 cm³/mol. The average molecular weight is 476 g/mol. The molecule has 1 aromatic carbocycles. The molecule has 1 fully saturated rings. The molecule has 0 aromatic heterocycles. The van der Waals surface area contributed by atoms with E-state index in [1.54, 1.807) is 12.1 Å². The van der Waals surface area contributed by atoms with Gasteiger partial charge in [0, 0.05) is 13.0 Å². The van der Waals surface area contributed by atoms with Gasteiger partial charge in [0.2, 0.25) is 23.6 Å². The van der Waals surface area contributed by atoms with Crippen LogP contribution in [-0.4, -0.2) is 77.6 Å². The fraction of sp³-hybridized carbons (Fsp3) is 0.565. The zero-order chi connectivity index (χ0) is 24.7. The van der Waals surface area contributed by atoms with Gasteiger partial charge in [0.05, 0.1) is 31.2 Å². The van der Waals surface area contributed by atoms with Crippen LogP contribution >= 0.6 is 0 Å². The van der Waals surface area contributed by atoms with E-state index in [4.69, 9.17) is 16.2 Å². The van der Waals surface area contributed by atoms with Gasteiger partial charge in [-0.15, -0.1) is 0 Å². The summed E-state index contributed by atoms with van der Waals surface area (Å²) in [6.07, 6.45) is 0.798. The van der Waals surface area contributed by atoms with Crippen LogP contribution in [0.25, 0.3) is 0 Å². The van der Waals surface area contributed by atoms with Crippen molar-refractivity contribution in [2.75, 3.05) is 19.7 Å². The Labute approximate surface area is 198 Å². The largest absolute Gasteiger partial charge is 0.494 e. The summed E-state index contributed by atoms with van der Waals surface area (Å²) >= 11 is 0. The summed E-state index contributed by atoms with van der Waals surface area (Å²) in [7, 11) is 0. The number of aliphatic hydroxyl groups excluding tert-OH is 1. The lowest BCUT2D eigenvalue weighted by molar-refractivity contribution is -0.132. The number of fused-ring (bicyclic) bond motifs is 12. The van der Waals surface area contributed by atoms with E-state index in [0.717, 1.165) is 12.0 Å². The van der Waals surface area contributed by atoms with Gasteiger partial charge < -0.3 is 31.9 Å². The normalized spacial score (nSPS) is 25.4. The van der Waals surface area contributed by atoms with Crippen LogP contribution in [0.2, 0.25) is 0 Å². The molecule has 2 bridgehead atoms. The van der Waals surface area contributed by atoms with Crippen molar-refractivity contribution in [3.8, 4) is 5.75 Å². The monoisotopic (exact) mass is 475 g/mol. The molecule has 3 aliphatic rings. The number of β-amino-alcohol motifs (C(OH)–C–C–N with tert-alkyl or cyclic N) is 1. The van der Waals surface area contributed by atoms with Gasteiger partial charge in [0.15, 0.2) is 0 Å². The maximum absolute atomic E-state index is 13.1. The Balaban J connectivity index is 1.83. The average Bonchev–Trinajstić information content (AvgIpc) is 3.24. The number of rotatable bonds is 6. The lowest BCUT2D eigenvalue weighted by Gasteiger charge is -2.31. The second-order valence-electron chi connectivity index (χ2n) is 8.83. The third kappa shape index (κ3) is 7.16. The van der Waals surface area contributed by atoms with E-state index in [1.165, 1.54) is 0 Å². The Morgan fingerprint density at radius 1 is 1.15 bits per heavy atom. The highest BCUT2D eigenvalue weighted by Gasteiger charge is 2.34. The van der Waals surface area contributed by atoms with Crippen molar-refractivity contribution in [1.82, 2.24) is 15.5 Å². The van der Waals surface area contributed by atoms with E-state index in [-0.39, 0.29) is 25.8 Å². The number of carbonyl (C=O) groups is 4. The molecule has 1 aromatic rings. The number of primary amides is 2. The number of hydrogen-bond acceptors (Lipinski definition) is 7. The van der Waals surface area contributed by atoms with E-state index in [0.29, 0.717) is 31.7 Å². The topological polar surface area (TPSA) is 177 Å². The zero-order valence-corrected chi connectivity index (χ0v) is 19.1. The Morgan fingerprint density at radius 2 is 1.88 bits per heavy atom. The second-order valence-corrected chi connectivity index (χ2v) is 8.83. The maximum atomic E-state index is 13.1. The van der Waals surface area contributed by atoms with Crippen LogP contribution in [0.15, 0.2) is 24.3 Å². The SMILES string of the molecule is NC(=O)C[C@@H]1NC(=O)CCCOc2ccc(cc2)C[C@@H]([C@H](O)CN2CCC[C@H]2C(N)=O)NC1=O. The Kier molecular flexibility index (Phi) is 8.83. The number of hydrogen-bond donors (Lipinski definition) is 5. The minimum Gasteiger partial charge on any atom is -0.494 e. The standard InChI is InChI=1S/C23H33N5O6/c24-20(30)12-17-23(33)27-16(19(29)13-28-9-1-3-18(28)22(25)32)11-14-5-7-15(8-6-14)34-10-2-4-21(31)26-17/h5-8,16-19,29H,1-4,9-13H2,(H2,24,30)(H2,25,32)(H,26,31)(H,27,33)/t16-,17-,18-,19+/m0/s1. The number of ether oxygens (including phenoxy) is 1. The summed E-state index contributed by atoms with van der Waals surface area (Å²) in [5, 5.41) is 16.4. The molecule has 11 nitrogen and oxygen atoms in total. The molecule has 0 unspecified atom stereocenters. The molecule has 186 valence electrons. The number of aliphatic hydroxyl groups is 1. The molecule has 34 heavy (non-hydrogen) atoms. The second kappa shape index (κ2) is 11.8. The molecular formula is C23H33N5O6. The molecule has 1 saturated heterocycles. The first kappa shape index (κ1) is 25.4. The number of carbonyl (C=O) groups excluding carboxylic acids is 4. The molecule has 0 radical (unpaired) electrons. The van der Waals surface area contributed by atoms with Crippen molar-refractivity contribution < 1.29 is 29.0 Å². The number of nitrogens with two attached hydrogens (primary N) is 2. The highest BCUT2D eigenvalue weighted by Crippen LogP contribution is 2.20. The number of nitrogens with one attached hydrogen (secondary N) is 2. The number of benzene rings is 1. The van der Waals surface area contributed by atoms with E-state index in [2.05, 4.69) is 10.6 Å². The van der Waals surface area contributed by atoms with Crippen molar-refractivity contribution in [2.24, 2.45) is 11.5 Å². The third-order valence-electron chi connectivity index (χ3n) is 6.16. The predicted octanol–water partition coefficient (Wildman–Crippen LogP) is -1.44. The smallest absolute Gasteiger partial charge is 0.243 e. The van der Waals surface area contributed by atoms with Crippen molar-refractivity contribution in [1.29, 1.82) is 0 Å². The van der Waals surface area contributed by atoms with Crippen molar-refractivity contribution >= 4 is 23.6 Å². The maximum Gasteiger partial charge on any atom is 0.243 e. The van der Waals surface area contributed by atoms with Crippen molar-refractivity contribution in [3.05, 3.63) is 29.8 Å². The van der Waals surface area contributed by atoms with Crippen LogP contribution in [0.5, 0.6) is 5.75 Å². The molecular weight excluding hydrogens is 442 g/mol. The fourth-order valence-corrected chi connectivity index (χ4v) is 4.38. The van der Waals surface area contributed by atoms with Gasteiger partial charge in [-0.05, 0) is 49.9 Å². The summed E-state index contributed by atoms with van der Waals surface area (Å²) in [4.78, 5) is 50.5. The van der Waals surface area contributed by atoms with Gasteiger partial charge in [0.1, 0.15) is 11.8 Å². The number of amides is 4. The van der Waals surface area contributed by atoms with Crippen LogP contribution in [0, 0.1) is 0 Å². The first-order valence-corrected chi connectivity index (χ1v) is 11.5. The van der Waals surface area contributed by atoms with E-state index in [9.17, 15) is 24.3 Å². The van der Waals surface area contributed by atoms with Crippen molar-refractivity contribution in [3.63, 3.8) is 0 Å². The summed E-state index contributed by atoms with van der Waals surface area (Å²) in [5.74, 6) is -1.57. The first-order valence-electron chi connectivity index (χ1n) is 11.5. The van der Waals surface area contributed by atoms with E-state index >= 15 is 0 Å². The van der Waals surface area contributed by atoms with Gasteiger partial charge in [-0.1, -0.05) is 12.1 Å². The lowest BCUT2D eigenvalue weighted by Crippen LogP contribution is -2.56. The van der Waals surface area contributed by atoms with Gasteiger partial charge in [-0.25, -0.2) is 0 Å². The molecule has 3 heterocycles. The van der Waals surface area contributed by atoms with Gasteiger partial charge in [-0.3, -0.25) is 24.1 Å². The highest BCUT2D eigenvalue weighted by atomic mass is 16.5. The molecule has 3 aliphatic heterocycles.